The summed E-state index contributed by atoms with van der Waals surface area (Å²) in [5.74, 6) is -0.239. The fourth-order valence-electron chi connectivity index (χ4n) is 1.80. The van der Waals surface area contributed by atoms with Crippen LogP contribution in [0.15, 0.2) is 24.3 Å². The van der Waals surface area contributed by atoms with E-state index in [0.717, 1.165) is 5.69 Å². The highest BCUT2D eigenvalue weighted by atomic mass is 35.5. The normalized spacial score (nSPS) is 10.5. The molecule has 1 aromatic carbocycles. The van der Waals surface area contributed by atoms with Crippen molar-refractivity contribution in [3.8, 4) is 0 Å². The smallest absolute Gasteiger partial charge is 0.273 e. The summed E-state index contributed by atoms with van der Waals surface area (Å²) in [5.41, 5.74) is 8.08. The number of carbonyl (C=O) groups excluding carboxylic acids is 1. The Morgan fingerprint density at radius 3 is 2.84 bits per heavy atom. The number of nitrogens with one attached hydrogen (secondary N) is 1. The van der Waals surface area contributed by atoms with Crippen LogP contribution in [0.4, 0.5) is 11.4 Å². The number of hydrogen-bond acceptors (Lipinski definition) is 3. The van der Waals surface area contributed by atoms with Gasteiger partial charge in [0.1, 0.15) is 5.69 Å². The molecule has 19 heavy (non-hydrogen) atoms. The first-order valence-electron chi connectivity index (χ1n) is 5.92. The molecule has 5 nitrogen and oxygen atoms in total. The Balaban J connectivity index is 2.25. The Labute approximate surface area is 116 Å². The van der Waals surface area contributed by atoms with Crippen molar-refractivity contribution in [3.05, 3.63) is 40.7 Å². The molecule has 0 aliphatic carbocycles. The van der Waals surface area contributed by atoms with E-state index >= 15 is 0 Å². The van der Waals surface area contributed by atoms with Gasteiger partial charge in [0.05, 0.1) is 17.1 Å². The van der Waals surface area contributed by atoms with Gasteiger partial charge in [-0.25, -0.2) is 0 Å². The fraction of sp³-hybridized carbons (Fsp3) is 0.231. The molecule has 0 bridgehead atoms. The number of aryl methyl sites for hydroxylation is 2. The largest absolute Gasteiger partial charge is 0.397 e. The minimum absolute atomic E-state index is 0.239. The molecule has 2 aromatic rings. The molecule has 0 spiro atoms. The Kier molecular flexibility index (Phi) is 3.76. The van der Waals surface area contributed by atoms with Crippen LogP contribution in [0.1, 0.15) is 23.1 Å². The van der Waals surface area contributed by atoms with Crippen molar-refractivity contribution < 1.29 is 4.79 Å². The lowest BCUT2D eigenvalue weighted by molar-refractivity contribution is 0.101. The maximum absolute atomic E-state index is 12.2. The highest BCUT2D eigenvalue weighted by Crippen LogP contribution is 2.23. The number of hydrogen-bond donors (Lipinski definition) is 2. The van der Waals surface area contributed by atoms with Gasteiger partial charge in [-0.05, 0) is 38.1 Å². The van der Waals surface area contributed by atoms with Gasteiger partial charge < -0.3 is 11.1 Å². The van der Waals surface area contributed by atoms with Crippen molar-refractivity contribution in [2.24, 2.45) is 0 Å². The van der Waals surface area contributed by atoms with E-state index in [9.17, 15) is 4.79 Å². The lowest BCUT2D eigenvalue weighted by atomic mass is 10.2. The van der Waals surface area contributed by atoms with E-state index in [-0.39, 0.29) is 5.91 Å². The second kappa shape index (κ2) is 5.32. The van der Waals surface area contributed by atoms with Crippen molar-refractivity contribution in [2.75, 3.05) is 11.1 Å². The molecule has 0 atom stereocenters. The van der Waals surface area contributed by atoms with E-state index < -0.39 is 0 Å². The Hall–Kier alpha value is -2.01. The van der Waals surface area contributed by atoms with Crippen LogP contribution in [-0.2, 0) is 6.54 Å². The predicted molar refractivity (Wildman–Crippen MR) is 76.5 cm³/mol. The second-order valence-corrected chi connectivity index (χ2v) is 4.61. The second-order valence-electron chi connectivity index (χ2n) is 4.17. The molecule has 6 heteroatoms. The number of carbonyl (C=O) groups is 1. The average Bonchev–Trinajstić information content (AvgIpc) is 2.74. The number of aromatic nitrogens is 2. The van der Waals surface area contributed by atoms with Gasteiger partial charge in [-0.2, -0.15) is 5.10 Å². The zero-order valence-electron chi connectivity index (χ0n) is 10.8. The summed E-state index contributed by atoms with van der Waals surface area (Å²) < 4.78 is 1.65. The molecule has 0 unspecified atom stereocenters. The number of nitrogens with zero attached hydrogens (tertiary/aromatic N) is 2. The highest BCUT2D eigenvalue weighted by Gasteiger charge is 2.14. The zero-order chi connectivity index (χ0) is 14.0. The Bertz CT molecular complexity index is 621. The Morgan fingerprint density at radius 1 is 1.47 bits per heavy atom. The molecule has 1 heterocycles. The standard InChI is InChI=1S/C13H15ClN4O/c1-3-18-12(6-8(2)17-18)13(19)16-11-5-4-9(14)7-10(11)15/h4-7H,3,15H2,1-2H3,(H,16,19). The lowest BCUT2D eigenvalue weighted by Crippen LogP contribution is -2.18. The van der Waals surface area contributed by atoms with Gasteiger partial charge in [0.25, 0.3) is 5.91 Å². The van der Waals surface area contributed by atoms with E-state index in [1.165, 1.54) is 0 Å². The van der Waals surface area contributed by atoms with Crippen LogP contribution in [0.25, 0.3) is 0 Å². The van der Waals surface area contributed by atoms with E-state index in [0.29, 0.717) is 28.6 Å². The molecule has 0 saturated heterocycles. The van der Waals surface area contributed by atoms with Gasteiger partial charge in [0, 0.05) is 11.6 Å². The number of rotatable bonds is 3. The summed E-state index contributed by atoms with van der Waals surface area (Å²) in [5, 5.41) is 7.52. The van der Waals surface area contributed by atoms with Gasteiger partial charge in [-0.1, -0.05) is 11.6 Å². The van der Waals surface area contributed by atoms with Crippen LogP contribution in [0.2, 0.25) is 5.02 Å². The van der Waals surface area contributed by atoms with Crippen LogP contribution < -0.4 is 11.1 Å². The molecule has 0 aliphatic heterocycles. The lowest BCUT2D eigenvalue weighted by Gasteiger charge is -2.09. The zero-order valence-corrected chi connectivity index (χ0v) is 11.5. The van der Waals surface area contributed by atoms with Gasteiger partial charge in [-0.15, -0.1) is 0 Å². The van der Waals surface area contributed by atoms with Crippen LogP contribution in [0.5, 0.6) is 0 Å². The summed E-state index contributed by atoms with van der Waals surface area (Å²) in [6.45, 7) is 4.41. The molecule has 100 valence electrons. The number of benzene rings is 1. The van der Waals surface area contributed by atoms with E-state index in [4.69, 9.17) is 17.3 Å². The topological polar surface area (TPSA) is 72.9 Å². The first kappa shape index (κ1) is 13.4. The molecule has 1 amide bonds. The van der Waals surface area contributed by atoms with E-state index in [2.05, 4.69) is 10.4 Å². The summed E-state index contributed by atoms with van der Waals surface area (Å²) in [7, 11) is 0. The first-order chi connectivity index (χ1) is 9.01. The maximum Gasteiger partial charge on any atom is 0.273 e. The molecular formula is C13H15ClN4O. The third kappa shape index (κ3) is 2.88. The van der Waals surface area contributed by atoms with Gasteiger partial charge in [0.15, 0.2) is 0 Å². The van der Waals surface area contributed by atoms with Crippen molar-refractivity contribution in [2.45, 2.75) is 20.4 Å². The van der Waals surface area contributed by atoms with Gasteiger partial charge in [-0.3, -0.25) is 9.48 Å². The van der Waals surface area contributed by atoms with Crippen molar-refractivity contribution in [1.29, 1.82) is 0 Å². The first-order valence-corrected chi connectivity index (χ1v) is 6.30. The van der Waals surface area contributed by atoms with Crippen molar-refractivity contribution in [1.82, 2.24) is 9.78 Å². The van der Waals surface area contributed by atoms with Crippen LogP contribution >= 0.6 is 11.6 Å². The summed E-state index contributed by atoms with van der Waals surface area (Å²) >= 11 is 5.81. The number of halogens is 1. The monoisotopic (exact) mass is 278 g/mol. The number of anilines is 2. The number of nitrogen functional groups attached to an aromatic ring is 1. The van der Waals surface area contributed by atoms with E-state index in [1.54, 1.807) is 28.9 Å². The summed E-state index contributed by atoms with van der Waals surface area (Å²) in [6.07, 6.45) is 0. The average molecular weight is 279 g/mol. The molecular weight excluding hydrogens is 264 g/mol. The maximum atomic E-state index is 12.2. The van der Waals surface area contributed by atoms with Crippen LogP contribution in [0, 0.1) is 6.92 Å². The quantitative estimate of drug-likeness (QED) is 0.848. The molecule has 0 aliphatic rings. The number of amides is 1. The van der Waals surface area contributed by atoms with Crippen LogP contribution in [0.3, 0.4) is 0 Å². The number of nitrogens with two attached hydrogens (primary N) is 1. The minimum atomic E-state index is -0.239. The molecule has 0 fully saturated rings. The van der Waals surface area contributed by atoms with E-state index in [1.807, 2.05) is 13.8 Å². The summed E-state index contributed by atoms with van der Waals surface area (Å²) in [4.78, 5) is 12.2. The van der Waals surface area contributed by atoms with Crippen LogP contribution in [-0.4, -0.2) is 15.7 Å². The fourth-order valence-corrected chi connectivity index (χ4v) is 1.98. The molecule has 0 saturated carbocycles. The molecule has 0 radical (unpaired) electrons. The summed E-state index contributed by atoms with van der Waals surface area (Å²) in [6, 6.07) is 6.69. The highest BCUT2D eigenvalue weighted by molar-refractivity contribution is 6.31. The third-order valence-corrected chi connectivity index (χ3v) is 2.93. The predicted octanol–water partition coefficient (Wildman–Crippen LogP) is 2.70. The van der Waals surface area contributed by atoms with Crippen molar-refractivity contribution in [3.63, 3.8) is 0 Å². The third-order valence-electron chi connectivity index (χ3n) is 2.70. The molecule has 1 aromatic heterocycles. The van der Waals surface area contributed by atoms with Gasteiger partial charge >= 0.3 is 0 Å². The van der Waals surface area contributed by atoms with Gasteiger partial charge in [0.2, 0.25) is 0 Å². The molecule has 2 rings (SSSR count). The minimum Gasteiger partial charge on any atom is -0.397 e. The SMILES string of the molecule is CCn1nc(C)cc1C(=O)Nc1ccc(Cl)cc1N. The van der Waals surface area contributed by atoms with Crippen molar-refractivity contribution >= 4 is 28.9 Å². The Morgan fingerprint density at radius 2 is 2.21 bits per heavy atom. The molecule has 3 N–H and O–H groups in total.